The van der Waals surface area contributed by atoms with Gasteiger partial charge in [-0.2, -0.15) is 0 Å². The van der Waals surface area contributed by atoms with Crippen molar-refractivity contribution in [3.8, 4) is 5.75 Å². The van der Waals surface area contributed by atoms with Crippen LogP contribution in [0.5, 0.6) is 5.75 Å². The highest BCUT2D eigenvalue weighted by Gasteiger charge is 2.05. The van der Waals surface area contributed by atoms with Crippen LogP contribution in [0.2, 0.25) is 0 Å². The summed E-state index contributed by atoms with van der Waals surface area (Å²) < 4.78 is 4.99. The molecule has 1 aromatic rings. The topological polar surface area (TPSA) is 43.4 Å². The summed E-state index contributed by atoms with van der Waals surface area (Å²) in [7, 11) is 1.55. The zero-order chi connectivity index (χ0) is 10.4. The van der Waals surface area contributed by atoms with Gasteiger partial charge < -0.3 is 9.53 Å². The van der Waals surface area contributed by atoms with Crippen molar-refractivity contribution in [2.75, 3.05) is 7.11 Å². The number of carbonyl (C=O) groups is 2. The minimum Gasteiger partial charge on any atom is -0.497 e. The Hall–Kier alpha value is -1.64. The summed E-state index contributed by atoms with van der Waals surface area (Å²) in [6.07, 6.45) is 1.28. The third-order valence-corrected chi connectivity index (χ3v) is 1.88. The smallest absolute Gasteiger partial charge is 0.163 e. The van der Waals surface area contributed by atoms with Crippen LogP contribution in [-0.4, -0.2) is 19.2 Å². The third kappa shape index (κ3) is 2.69. The molecule has 0 radical (unpaired) electrons. The van der Waals surface area contributed by atoms with Gasteiger partial charge in [-0.3, -0.25) is 4.79 Å². The Morgan fingerprint density at radius 1 is 1.50 bits per heavy atom. The maximum absolute atomic E-state index is 11.5. The van der Waals surface area contributed by atoms with E-state index in [2.05, 4.69) is 0 Å². The van der Waals surface area contributed by atoms with Crippen molar-refractivity contribution >= 4 is 12.1 Å². The summed E-state index contributed by atoms with van der Waals surface area (Å²) in [6.45, 7) is 0. The molecule has 0 saturated heterocycles. The fourth-order valence-corrected chi connectivity index (χ4v) is 1.13. The van der Waals surface area contributed by atoms with Gasteiger partial charge in [-0.15, -0.1) is 0 Å². The van der Waals surface area contributed by atoms with Crippen LogP contribution in [0.3, 0.4) is 0 Å². The van der Waals surface area contributed by atoms with Crippen LogP contribution in [0.25, 0.3) is 0 Å². The lowest BCUT2D eigenvalue weighted by molar-refractivity contribution is -0.107. The number of aldehydes is 1. The standard InChI is InChI=1S/C11H12O3/c1-14-10-5-2-4-9(8-10)11(13)6-3-7-12/h2,4-5,7-8H,3,6H2,1H3. The summed E-state index contributed by atoms with van der Waals surface area (Å²) in [4.78, 5) is 21.5. The summed E-state index contributed by atoms with van der Waals surface area (Å²) in [5.41, 5.74) is 0.589. The molecular formula is C11H12O3. The van der Waals surface area contributed by atoms with E-state index in [1.165, 1.54) is 0 Å². The van der Waals surface area contributed by atoms with Crippen molar-refractivity contribution in [2.45, 2.75) is 12.8 Å². The van der Waals surface area contributed by atoms with Crippen LogP contribution in [0.4, 0.5) is 0 Å². The average molecular weight is 192 g/mol. The number of Topliss-reactive ketones (excluding diaryl/α,β-unsaturated/α-hetero) is 1. The predicted octanol–water partition coefficient (Wildman–Crippen LogP) is 1.86. The SMILES string of the molecule is COc1cccc(C(=O)CCC=O)c1. The molecular weight excluding hydrogens is 180 g/mol. The van der Waals surface area contributed by atoms with Gasteiger partial charge in [-0.1, -0.05) is 12.1 Å². The molecule has 0 bridgehead atoms. The Bertz CT molecular complexity index is 331. The summed E-state index contributed by atoms with van der Waals surface area (Å²) in [6, 6.07) is 6.92. The molecule has 0 aliphatic carbocycles. The lowest BCUT2D eigenvalue weighted by Gasteiger charge is -2.02. The molecule has 0 spiro atoms. The first-order valence-corrected chi connectivity index (χ1v) is 4.39. The van der Waals surface area contributed by atoms with Crippen molar-refractivity contribution in [1.82, 2.24) is 0 Å². The Morgan fingerprint density at radius 2 is 2.29 bits per heavy atom. The minimum absolute atomic E-state index is 0.0315. The Kier molecular flexibility index (Phi) is 3.85. The highest BCUT2D eigenvalue weighted by atomic mass is 16.5. The zero-order valence-electron chi connectivity index (χ0n) is 8.03. The van der Waals surface area contributed by atoms with Crippen molar-refractivity contribution < 1.29 is 14.3 Å². The molecule has 0 aliphatic rings. The molecule has 1 aromatic carbocycles. The van der Waals surface area contributed by atoms with Gasteiger partial charge in [-0.05, 0) is 12.1 Å². The minimum atomic E-state index is -0.0315. The van der Waals surface area contributed by atoms with E-state index in [1.54, 1.807) is 31.4 Å². The van der Waals surface area contributed by atoms with Crippen LogP contribution < -0.4 is 4.74 Å². The number of rotatable bonds is 5. The van der Waals surface area contributed by atoms with Gasteiger partial charge in [0.15, 0.2) is 5.78 Å². The molecule has 14 heavy (non-hydrogen) atoms. The fourth-order valence-electron chi connectivity index (χ4n) is 1.13. The second-order valence-corrected chi connectivity index (χ2v) is 2.86. The molecule has 1 rings (SSSR count). The molecule has 0 N–H and O–H groups in total. The zero-order valence-corrected chi connectivity index (χ0v) is 8.03. The number of hydrogen-bond acceptors (Lipinski definition) is 3. The number of methoxy groups -OCH3 is 1. The summed E-state index contributed by atoms with van der Waals surface area (Å²) in [5, 5.41) is 0. The van der Waals surface area contributed by atoms with E-state index in [0.29, 0.717) is 11.3 Å². The van der Waals surface area contributed by atoms with E-state index in [0.717, 1.165) is 6.29 Å². The van der Waals surface area contributed by atoms with E-state index in [4.69, 9.17) is 4.74 Å². The molecule has 0 amide bonds. The normalized spacial score (nSPS) is 9.50. The highest BCUT2D eigenvalue weighted by molar-refractivity contribution is 5.97. The van der Waals surface area contributed by atoms with E-state index >= 15 is 0 Å². The van der Waals surface area contributed by atoms with Crippen LogP contribution in [0.15, 0.2) is 24.3 Å². The van der Waals surface area contributed by atoms with Gasteiger partial charge in [0.2, 0.25) is 0 Å². The maximum atomic E-state index is 11.5. The van der Waals surface area contributed by atoms with Gasteiger partial charge in [0.05, 0.1) is 7.11 Å². The second kappa shape index (κ2) is 5.17. The molecule has 0 unspecified atom stereocenters. The first-order chi connectivity index (χ1) is 6.77. The van der Waals surface area contributed by atoms with Gasteiger partial charge in [-0.25, -0.2) is 0 Å². The van der Waals surface area contributed by atoms with Crippen LogP contribution in [0.1, 0.15) is 23.2 Å². The van der Waals surface area contributed by atoms with Crippen molar-refractivity contribution in [2.24, 2.45) is 0 Å². The number of ether oxygens (including phenoxy) is 1. The molecule has 0 atom stereocenters. The Balaban J connectivity index is 2.73. The second-order valence-electron chi connectivity index (χ2n) is 2.86. The predicted molar refractivity (Wildman–Crippen MR) is 52.6 cm³/mol. The van der Waals surface area contributed by atoms with Crippen LogP contribution in [-0.2, 0) is 4.79 Å². The number of ketones is 1. The van der Waals surface area contributed by atoms with E-state index < -0.39 is 0 Å². The quantitative estimate of drug-likeness (QED) is 0.528. The summed E-state index contributed by atoms with van der Waals surface area (Å²) in [5.74, 6) is 0.623. The first-order valence-electron chi connectivity index (χ1n) is 4.39. The third-order valence-electron chi connectivity index (χ3n) is 1.88. The van der Waals surface area contributed by atoms with Gasteiger partial charge >= 0.3 is 0 Å². The molecule has 0 fully saturated rings. The van der Waals surface area contributed by atoms with Crippen molar-refractivity contribution in [1.29, 1.82) is 0 Å². The Labute approximate surface area is 82.7 Å². The fraction of sp³-hybridized carbons (Fsp3) is 0.273. The van der Waals surface area contributed by atoms with Gasteiger partial charge in [0.1, 0.15) is 12.0 Å². The lowest BCUT2D eigenvalue weighted by Crippen LogP contribution is -1.99. The van der Waals surface area contributed by atoms with Crippen LogP contribution >= 0.6 is 0 Å². The molecule has 74 valence electrons. The maximum Gasteiger partial charge on any atom is 0.163 e. The van der Waals surface area contributed by atoms with E-state index in [1.807, 2.05) is 0 Å². The van der Waals surface area contributed by atoms with Crippen molar-refractivity contribution in [3.05, 3.63) is 29.8 Å². The van der Waals surface area contributed by atoms with E-state index in [-0.39, 0.29) is 18.6 Å². The highest BCUT2D eigenvalue weighted by Crippen LogP contribution is 2.14. The van der Waals surface area contributed by atoms with Crippen molar-refractivity contribution in [3.63, 3.8) is 0 Å². The van der Waals surface area contributed by atoms with Crippen LogP contribution in [0, 0.1) is 0 Å². The average Bonchev–Trinajstić information content (AvgIpc) is 2.26. The van der Waals surface area contributed by atoms with Gasteiger partial charge in [0.25, 0.3) is 0 Å². The lowest BCUT2D eigenvalue weighted by atomic mass is 10.1. The molecule has 0 aliphatic heterocycles. The van der Waals surface area contributed by atoms with E-state index in [9.17, 15) is 9.59 Å². The monoisotopic (exact) mass is 192 g/mol. The molecule has 3 nitrogen and oxygen atoms in total. The first kappa shape index (κ1) is 10.4. The molecule has 3 heteroatoms. The molecule has 0 aromatic heterocycles. The Morgan fingerprint density at radius 3 is 2.93 bits per heavy atom. The number of carbonyl (C=O) groups excluding carboxylic acids is 2. The van der Waals surface area contributed by atoms with Gasteiger partial charge in [0, 0.05) is 18.4 Å². The summed E-state index contributed by atoms with van der Waals surface area (Å²) >= 11 is 0. The largest absolute Gasteiger partial charge is 0.497 e. The number of hydrogen-bond donors (Lipinski definition) is 0. The molecule has 0 heterocycles. The number of benzene rings is 1. The molecule has 0 saturated carbocycles.